The predicted molar refractivity (Wildman–Crippen MR) is 114 cm³/mol. The molecule has 2 rings (SSSR count). The van der Waals surface area contributed by atoms with E-state index >= 15 is 0 Å². The van der Waals surface area contributed by atoms with E-state index in [9.17, 15) is 10.1 Å². The van der Waals surface area contributed by atoms with E-state index < -0.39 is 5.91 Å². The van der Waals surface area contributed by atoms with Crippen molar-refractivity contribution in [3.05, 3.63) is 64.3 Å². The lowest BCUT2D eigenvalue weighted by atomic mass is 10.0. The molecule has 0 saturated heterocycles. The molecule has 0 bridgehead atoms. The molecule has 0 aliphatic heterocycles. The minimum Gasteiger partial charge on any atom is -0.495 e. The van der Waals surface area contributed by atoms with Gasteiger partial charge in [0.1, 0.15) is 23.1 Å². The van der Waals surface area contributed by atoms with Crippen molar-refractivity contribution in [3.8, 4) is 17.6 Å². The summed E-state index contributed by atoms with van der Waals surface area (Å²) in [7, 11) is 1.49. The number of hydrogen-bond donors (Lipinski definition) is 2. The van der Waals surface area contributed by atoms with Gasteiger partial charge in [0, 0.05) is 16.8 Å². The predicted octanol–water partition coefficient (Wildman–Crippen LogP) is 4.75. The minimum atomic E-state index is -0.568. The van der Waals surface area contributed by atoms with Crippen LogP contribution in [0, 0.1) is 18.3 Å². The van der Waals surface area contributed by atoms with Crippen LogP contribution in [0.4, 0.5) is 5.69 Å². The van der Waals surface area contributed by atoms with Gasteiger partial charge < -0.3 is 20.1 Å². The highest BCUT2D eigenvalue weighted by atomic mass is 35.5. The number of anilines is 1. The molecule has 0 aromatic heterocycles. The van der Waals surface area contributed by atoms with Crippen LogP contribution in [-0.2, 0) is 4.79 Å². The van der Waals surface area contributed by atoms with Gasteiger partial charge in [-0.2, -0.15) is 5.26 Å². The zero-order valence-corrected chi connectivity index (χ0v) is 17.6. The Morgan fingerprint density at radius 3 is 2.66 bits per heavy atom. The lowest BCUT2D eigenvalue weighted by molar-refractivity contribution is -0.112. The van der Waals surface area contributed by atoms with E-state index in [2.05, 4.69) is 10.6 Å². The zero-order valence-electron chi connectivity index (χ0n) is 16.9. The van der Waals surface area contributed by atoms with E-state index in [1.54, 1.807) is 18.2 Å². The SMILES string of the molecule is CCOc1ccc(C)cc1C(C)N/C=C(/C#N)C(=O)Nc1cc(Cl)ccc1OC. The quantitative estimate of drug-likeness (QED) is 0.481. The normalized spacial score (nSPS) is 11.9. The van der Waals surface area contributed by atoms with Crippen LogP contribution < -0.4 is 20.1 Å². The Morgan fingerprint density at radius 2 is 2.00 bits per heavy atom. The average Bonchev–Trinajstić information content (AvgIpc) is 2.70. The summed E-state index contributed by atoms with van der Waals surface area (Å²) in [6, 6.07) is 12.5. The van der Waals surface area contributed by atoms with Crippen LogP contribution in [0.5, 0.6) is 11.5 Å². The Morgan fingerprint density at radius 1 is 1.28 bits per heavy atom. The number of carbonyl (C=O) groups excluding carboxylic acids is 1. The summed E-state index contributed by atoms with van der Waals surface area (Å²) in [6.45, 7) is 6.39. The first-order valence-electron chi connectivity index (χ1n) is 9.14. The number of hydrogen-bond acceptors (Lipinski definition) is 5. The third-order valence-electron chi connectivity index (χ3n) is 4.18. The van der Waals surface area contributed by atoms with Crippen LogP contribution in [0.1, 0.15) is 31.0 Å². The van der Waals surface area contributed by atoms with Gasteiger partial charge in [0.05, 0.1) is 25.4 Å². The molecule has 6 nitrogen and oxygen atoms in total. The molecule has 152 valence electrons. The van der Waals surface area contributed by atoms with Crippen LogP contribution >= 0.6 is 11.6 Å². The van der Waals surface area contributed by atoms with Gasteiger partial charge in [-0.3, -0.25) is 4.79 Å². The summed E-state index contributed by atoms with van der Waals surface area (Å²) < 4.78 is 10.9. The molecule has 0 radical (unpaired) electrons. The molecule has 1 amide bonds. The average molecular weight is 414 g/mol. The second-order valence-corrected chi connectivity index (χ2v) is 6.77. The number of benzene rings is 2. The first kappa shape index (κ1) is 22.1. The Kier molecular flexibility index (Phi) is 7.93. The Hall–Kier alpha value is -3.17. The molecule has 0 heterocycles. The van der Waals surface area contributed by atoms with E-state index in [4.69, 9.17) is 21.1 Å². The van der Waals surface area contributed by atoms with E-state index in [0.29, 0.717) is 23.1 Å². The summed E-state index contributed by atoms with van der Waals surface area (Å²) >= 11 is 5.98. The molecular weight excluding hydrogens is 390 g/mol. The molecule has 2 N–H and O–H groups in total. The Bertz CT molecular complexity index is 951. The third-order valence-corrected chi connectivity index (χ3v) is 4.42. The van der Waals surface area contributed by atoms with Crippen molar-refractivity contribution in [1.29, 1.82) is 5.26 Å². The van der Waals surface area contributed by atoms with E-state index in [-0.39, 0.29) is 11.6 Å². The standard InChI is InChI=1S/C22H24ClN3O3/c1-5-29-20-8-6-14(2)10-18(20)15(3)25-13-16(12-24)22(27)26-19-11-17(23)7-9-21(19)28-4/h6-11,13,15,25H,5H2,1-4H3,(H,26,27)/b16-13-. The lowest BCUT2D eigenvalue weighted by Crippen LogP contribution is -2.19. The van der Waals surface area contributed by atoms with Crippen molar-refractivity contribution in [1.82, 2.24) is 5.32 Å². The van der Waals surface area contributed by atoms with Crippen molar-refractivity contribution in [2.24, 2.45) is 0 Å². The molecule has 1 atom stereocenters. The van der Waals surface area contributed by atoms with Crippen molar-refractivity contribution in [2.75, 3.05) is 19.0 Å². The van der Waals surface area contributed by atoms with Gasteiger partial charge in [0.15, 0.2) is 0 Å². The number of nitrogens with zero attached hydrogens (tertiary/aromatic N) is 1. The van der Waals surface area contributed by atoms with Gasteiger partial charge in [-0.15, -0.1) is 0 Å². The Balaban J connectivity index is 2.18. The molecule has 0 saturated carbocycles. The molecule has 2 aromatic rings. The number of ether oxygens (including phenoxy) is 2. The highest BCUT2D eigenvalue weighted by molar-refractivity contribution is 6.31. The van der Waals surface area contributed by atoms with Crippen molar-refractivity contribution >= 4 is 23.2 Å². The second-order valence-electron chi connectivity index (χ2n) is 6.33. The number of amides is 1. The topological polar surface area (TPSA) is 83.4 Å². The van der Waals surface area contributed by atoms with Crippen molar-refractivity contribution < 1.29 is 14.3 Å². The summed E-state index contributed by atoms with van der Waals surface area (Å²) in [4.78, 5) is 12.5. The van der Waals surface area contributed by atoms with E-state index in [1.165, 1.54) is 13.3 Å². The molecule has 0 fully saturated rings. The number of halogens is 1. The molecule has 29 heavy (non-hydrogen) atoms. The highest BCUT2D eigenvalue weighted by Crippen LogP contribution is 2.28. The van der Waals surface area contributed by atoms with Gasteiger partial charge in [-0.05, 0) is 45.0 Å². The summed E-state index contributed by atoms with van der Waals surface area (Å²) in [5.41, 5.74) is 2.34. The second kappa shape index (κ2) is 10.4. The van der Waals surface area contributed by atoms with Crippen LogP contribution in [0.15, 0.2) is 48.2 Å². The zero-order chi connectivity index (χ0) is 21.4. The molecule has 2 aromatic carbocycles. The van der Waals surface area contributed by atoms with Crippen LogP contribution in [0.2, 0.25) is 5.02 Å². The molecule has 0 aliphatic carbocycles. The molecule has 7 heteroatoms. The summed E-state index contributed by atoms with van der Waals surface area (Å²) in [5, 5.41) is 15.6. The smallest absolute Gasteiger partial charge is 0.267 e. The van der Waals surface area contributed by atoms with Crippen LogP contribution in [-0.4, -0.2) is 19.6 Å². The first-order valence-corrected chi connectivity index (χ1v) is 9.52. The molecule has 1 unspecified atom stereocenters. The summed E-state index contributed by atoms with van der Waals surface area (Å²) in [6.07, 6.45) is 1.40. The van der Waals surface area contributed by atoms with Gasteiger partial charge in [0.2, 0.25) is 0 Å². The van der Waals surface area contributed by atoms with Gasteiger partial charge >= 0.3 is 0 Å². The summed E-state index contributed by atoms with van der Waals surface area (Å²) in [5.74, 6) is 0.641. The van der Waals surface area contributed by atoms with Crippen LogP contribution in [0.25, 0.3) is 0 Å². The van der Waals surface area contributed by atoms with Crippen LogP contribution in [0.3, 0.4) is 0 Å². The number of carbonyl (C=O) groups is 1. The third kappa shape index (κ3) is 5.90. The molecule has 0 aliphatic rings. The number of rotatable bonds is 8. The highest BCUT2D eigenvalue weighted by Gasteiger charge is 2.15. The molecular formula is C22H24ClN3O3. The van der Waals surface area contributed by atoms with Crippen molar-refractivity contribution in [3.63, 3.8) is 0 Å². The van der Waals surface area contributed by atoms with Gasteiger partial charge in [0.25, 0.3) is 5.91 Å². The Labute approximate surface area is 176 Å². The maximum Gasteiger partial charge on any atom is 0.267 e. The number of nitriles is 1. The minimum absolute atomic E-state index is 0.0792. The van der Waals surface area contributed by atoms with Crippen molar-refractivity contribution in [2.45, 2.75) is 26.8 Å². The largest absolute Gasteiger partial charge is 0.495 e. The number of methoxy groups -OCH3 is 1. The van der Waals surface area contributed by atoms with Gasteiger partial charge in [-0.25, -0.2) is 0 Å². The van der Waals surface area contributed by atoms with E-state index in [0.717, 1.165) is 16.9 Å². The number of nitrogens with one attached hydrogen (secondary N) is 2. The maximum atomic E-state index is 12.5. The lowest BCUT2D eigenvalue weighted by Gasteiger charge is -2.18. The molecule has 0 spiro atoms. The number of aryl methyl sites for hydroxylation is 1. The maximum absolute atomic E-state index is 12.5. The monoisotopic (exact) mass is 413 g/mol. The fourth-order valence-corrected chi connectivity index (χ4v) is 2.88. The van der Waals surface area contributed by atoms with E-state index in [1.807, 2.05) is 45.0 Å². The fraction of sp³-hybridized carbons (Fsp3) is 0.273. The first-order chi connectivity index (χ1) is 13.9. The fourth-order valence-electron chi connectivity index (χ4n) is 2.71. The van der Waals surface area contributed by atoms with Gasteiger partial charge in [-0.1, -0.05) is 29.3 Å².